The molecule has 0 aliphatic heterocycles. The minimum Gasteiger partial charge on any atom is -0.382 e. The number of nitrogens with zero attached hydrogens (tertiary/aromatic N) is 2. The number of pyridine rings is 1. The van der Waals surface area contributed by atoms with Crippen LogP contribution in [-0.4, -0.2) is 14.5 Å². The summed E-state index contributed by atoms with van der Waals surface area (Å²) < 4.78 is 40.7. The predicted molar refractivity (Wildman–Crippen MR) is 78.4 cm³/mol. The van der Waals surface area contributed by atoms with E-state index >= 15 is 0 Å². The highest BCUT2D eigenvalue weighted by molar-refractivity contribution is 9.10. The van der Waals surface area contributed by atoms with Gasteiger partial charge in [0, 0.05) is 6.20 Å². The highest BCUT2D eigenvalue weighted by Gasteiger charge is 2.31. The van der Waals surface area contributed by atoms with E-state index in [0.29, 0.717) is 5.65 Å². The number of alkyl halides is 3. The molecule has 0 amide bonds. The molecule has 0 fully saturated rings. The van der Waals surface area contributed by atoms with Crippen LogP contribution in [0.5, 0.6) is 0 Å². The summed E-state index contributed by atoms with van der Waals surface area (Å²) in [6, 6.07) is 9.95. The van der Waals surface area contributed by atoms with Gasteiger partial charge in [-0.2, -0.15) is 13.2 Å². The van der Waals surface area contributed by atoms with Crippen molar-refractivity contribution in [3.8, 4) is 0 Å². The molecular formula is C15H10BrF3N2O. The van der Waals surface area contributed by atoms with E-state index in [1.54, 1.807) is 28.8 Å². The van der Waals surface area contributed by atoms with Gasteiger partial charge in [-0.3, -0.25) is 4.40 Å². The van der Waals surface area contributed by atoms with Crippen LogP contribution in [-0.2, 0) is 6.18 Å². The number of hydrogen-bond acceptors (Lipinski definition) is 2. The highest BCUT2D eigenvalue weighted by Crippen LogP contribution is 2.32. The summed E-state index contributed by atoms with van der Waals surface area (Å²) in [6.07, 6.45) is -4.09. The lowest BCUT2D eigenvalue weighted by molar-refractivity contribution is -0.137. The van der Waals surface area contributed by atoms with Gasteiger partial charge in [-0.25, -0.2) is 4.98 Å². The maximum atomic E-state index is 12.7. The van der Waals surface area contributed by atoms with Crippen molar-refractivity contribution in [3.63, 3.8) is 0 Å². The number of aliphatic hydroxyl groups excluding tert-OH is 1. The van der Waals surface area contributed by atoms with Crippen molar-refractivity contribution < 1.29 is 18.3 Å². The van der Waals surface area contributed by atoms with Crippen LogP contribution in [0.15, 0.2) is 53.3 Å². The number of hydrogen-bond donors (Lipinski definition) is 1. The fourth-order valence-electron chi connectivity index (χ4n) is 2.18. The number of imidazole rings is 1. The molecular weight excluding hydrogens is 361 g/mol. The lowest BCUT2D eigenvalue weighted by atomic mass is 10.0. The monoisotopic (exact) mass is 370 g/mol. The Kier molecular flexibility index (Phi) is 3.70. The molecule has 0 bridgehead atoms. The average Bonchev–Trinajstić information content (AvgIpc) is 2.91. The lowest BCUT2D eigenvalue weighted by Crippen LogP contribution is -2.07. The number of aromatic nitrogens is 2. The highest BCUT2D eigenvalue weighted by atomic mass is 79.9. The lowest BCUT2D eigenvalue weighted by Gasteiger charge is -2.11. The first-order valence-corrected chi connectivity index (χ1v) is 7.14. The van der Waals surface area contributed by atoms with Crippen LogP contribution in [0.2, 0.25) is 0 Å². The van der Waals surface area contributed by atoms with E-state index < -0.39 is 17.8 Å². The molecule has 0 radical (unpaired) electrons. The van der Waals surface area contributed by atoms with E-state index in [-0.39, 0.29) is 11.3 Å². The Bertz CT molecular complexity index is 829. The molecule has 0 spiro atoms. The standard InChI is InChI=1S/C15H10BrF3N2O/c16-12-5-2-6-13-20-11(8-21(12)13)14(22)9-3-1-4-10(7-9)15(17,18)19/h1-8,14,22H. The van der Waals surface area contributed by atoms with Crippen LogP contribution in [0, 0.1) is 0 Å². The molecule has 0 aliphatic rings. The molecule has 1 atom stereocenters. The minimum absolute atomic E-state index is 0.148. The predicted octanol–water partition coefficient (Wildman–Crippen LogP) is 4.20. The maximum absolute atomic E-state index is 12.7. The molecule has 3 nitrogen and oxygen atoms in total. The van der Waals surface area contributed by atoms with Gasteiger partial charge < -0.3 is 5.11 Å². The van der Waals surface area contributed by atoms with Gasteiger partial charge in [0.1, 0.15) is 11.8 Å². The fraction of sp³-hybridized carbons (Fsp3) is 0.133. The number of fused-ring (bicyclic) bond motifs is 1. The van der Waals surface area contributed by atoms with Crippen LogP contribution in [0.4, 0.5) is 13.2 Å². The quantitative estimate of drug-likeness (QED) is 0.686. The molecule has 3 rings (SSSR count). The zero-order valence-corrected chi connectivity index (χ0v) is 12.6. The largest absolute Gasteiger partial charge is 0.416 e. The van der Waals surface area contributed by atoms with Gasteiger partial charge in [0.25, 0.3) is 0 Å². The van der Waals surface area contributed by atoms with Crippen LogP contribution in [0.1, 0.15) is 22.9 Å². The van der Waals surface area contributed by atoms with E-state index in [4.69, 9.17) is 0 Å². The maximum Gasteiger partial charge on any atom is 0.416 e. The molecule has 1 N–H and O–H groups in total. The summed E-state index contributed by atoms with van der Waals surface area (Å²) in [4.78, 5) is 4.24. The molecule has 22 heavy (non-hydrogen) atoms. The second kappa shape index (κ2) is 5.40. The smallest absolute Gasteiger partial charge is 0.382 e. The van der Waals surface area contributed by atoms with Gasteiger partial charge in [0.05, 0.1) is 15.9 Å². The van der Waals surface area contributed by atoms with Crippen molar-refractivity contribution in [2.45, 2.75) is 12.3 Å². The van der Waals surface area contributed by atoms with Crippen molar-refractivity contribution in [3.05, 3.63) is 70.1 Å². The van der Waals surface area contributed by atoms with E-state index in [2.05, 4.69) is 20.9 Å². The Balaban J connectivity index is 2.02. The molecule has 0 aliphatic carbocycles. The summed E-state index contributed by atoms with van der Waals surface area (Å²) in [5.41, 5.74) is 0.227. The van der Waals surface area contributed by atoms with Crippen LogP contribution in [0.3, 0.4) is 0 Å². The Hall–Kier alpha value is -1.86. The third-order valence-electron chi connectivity index (χ3n) is 3.27. The second-order valence-corrected chi connectivity index (χ2v) is 5.58. The summed E-state index contributed by atoms with van der Waals surface area (Å²) in [6.45, 7) is 0. The van der Waals surface area contributed by atoms with Crippen molar-refractivity contribution in [1.82, 2.24) is 9.38 Å². The van der Waals surface area contributed by atoms with Crippen LogP contribution < -0.4 is 0 Å². The van der Waals surface area contributed by atoms with Gasteiger partial charge in [-0.1, -0.05) is 18.2 Å². The molecule has 2 heterocycles. The number of benzene rings is 1. The summed E-state index contributed by atoms with van der Waals surface area (Å²) in [7, 11) is 0. The molecule has 114 valence electrons. The number of halogens is 4. The van der Waals surface area contributed by atoms with Gasteiger partial charge in [-0.05, 0) is 45.8 Å². The summed E-state index contributed by atoms with van der Waals surface area (Å²) in [5.74, 6) is 0. The number of aliphatic hydroxyl groups is 1. The van der Waals surface area contributed by atoms with Crippen LogP contribution in [0.25, 0.3) is 5.65 Å². The molecule has 0 saturated carbocycles. The van der Waals surface area contributed by atoms with Crippen molar-refractivity contribution >= 4 is 21.6 Å². The molecule has 7 heteroatoms. The zero-order chi connectivity index (χ0) is 15.9. The van der Waals surface area contributed by atoms with E-state index in [9.17, 15) is 18.3 Å². The first kappa shape index (κ1) is 15.1. The Morgan fingerprint density at radius 3 is 2.55 bits per heavy atom. The van der Waals surface area contributed by atoms with Gasteiger partial charge in [-0.15, -0.1) is 0 Å². The van der Waals surface area contributed by atoms with Crippen molar-refractivity contribution in [1.29, 1.82) is 0 Å². The zero-order valence-electron chi connectivity index (χ0n) is 11.0. The van der Waals surface area contributed by atoms with Gasteiger partial charge >= 0.3 is 6.18 Å². The topological polar surface area (TPSA) is 37.5 Å². The number of rotatable bonds is 2. The molecule has 0 saturated heterocycles. The minimum atomic E-state index is -4.45. The SMILES string of the molecule is OC(c1cccc(C(F)(F)F)c1)c1cn2c(Br)cccc2n1. The Morgan fingerprint density at radius 1 is 1.14 bits per heavy atom. The van der Waals surface area contributed by atoms with E-state index in [0.717, 1.165) is 16.7 Å². The fourth-order valence-corrected chi connectivity index (χ4v) is 2.62. The Morgan fingerprint density at radius 2 is 1.86 bits per heavy atom. The summed E-state index contributed by atoms with van der Waals surface area (Å²) >= 11 is 3.35. The van der Waals surface area contributed by atoms with E-state index in [1.807, 2.05) is 0 Å². The average molecular weight is 371 g/mol. The van der Waals surface area contributed by atoms with Gasteiger partial charge in [0.2, 0.25) is 0 Å². The first-order valence-electron chi connectivity index (χ1n) is 6.35. The second-order valence-electron chi connectivity index (χ2n) is 4.77. The van der Waals surface area contributed by atoms with Crippen molar-refractivity contribution in [2.75, 3.05) is 0 Å². The molecule has 2 aromatic heterocycles. The van der Waals surface area contributed by atoms with Gasteiger partial charge in [0.15, 0.2) is 0 Å². The summed E-state index contributed by atoms with van der Waals surface area (Å²) in [5, 5.41) is 10.3. The van der Waals surface area contributed by atoms with E-state index in [1.165, 1.54) is 12.1 Å². The molecule has 3 aromatic rings. The molecule has 1 unspecified atom stereocenters. The Labute approximate surface area is 132 Å². The normalized spacial score (nSPS) is 13.5. The third kappa shape index (κ3) is 2.74. The first-order chi connectivity index (χ1) is 10.4. The third-order valence-corrected chi connectivity index (χ3v) is 3.92. The molecule has 1 aromatic carbocycles. The van der Waals surface area contributed by atoms with Crippen molar-refractivity contribution in [2.24, 2.45) is 0 Å². The van der Waals surface area contributed by atoms with Crippen LogP contribution >= 0.6 is 15.9 Å².